The molecule has 2 atom stereocenters. The third kappa shape index (κ3) is 4.23. The molecule has 0 aromatic carbocycles. The molecule has 4 heteroatoms. The molecular weight excluding hydrogens is 270 g/mol. The number of nitrogens with one attached hydrogen (secondary N) is 1. The molecule has 1 rings (SSSR count). The van der Waals surface area contributed by atoms with Gasteiger partial charge < -0.3 is 5.32 Å². The molecule has 0 spiro atoms. The highest BCUT2D eigenvalue weighted by Crippen LogP contribution is 2.30. The van der Waals surface area contributed by atoms with Gasteiger partial charge in [-0.3, -0.25) is 4.68 Å². The van der Waals surface area contributed by atoms with Crippen LogP contribution < -0.4 is 5.32 Å². The maximum absolute atomic E-state index is 6.41. The summed E-state index contributed by atoms with van der Waals surface area (Å²) in [5.74, 6) is 0.651. The fraction of sp³-hybridized carbons (Fsp3) is 0.812. The van der Waals surface area contributed by atoms with Gasteiger partial charge in [0.1, 0.15) is 0 Å². The Morgan fingerprint density at radius 3 is 2.40 bits per heavy atom. The summed E-state index contributed by atoms with van der Waals surface area (Å²) in [6.07, 6.45) is 2.08. The zero-order chi connectivity index (χ0) is 15.5. The molecule has 1 heterocycles. The number of hydrogen-bond donors (Lipinski definition) is 1. The summed E-state index contributed by atoms with van der Waals surface area (Å²) in [4.78, 5) is 0. The number of halogens is 1. The summed E-state index contributed by atoms with van der Waals surface area (Å²) < 4.78 is 2.03. The molecule has 0 amide bonds. The molecule has 0 saturated heterocycles. The highest BCUT2D eigenvalue weighted by molar-refractivity contribution is 6.31. The lowest BCUT2D eigenvalue weighted by molar-refractivity contribution is 0.224. The Morgan fingerprint density at radius 1 is 1.35 bits per heavy atom. The van der Waals surface area contributed by atoms with Crippen LogP contribution in [0.3, 0.4) is 0 Å². The van der Waals surface area contributed by atoms with Crippen molar-refractivity contribution < 1.29 is 0 Å². The molecule has 0 bridgehead atoms. The van der Waals surface area contributed by atoms with Gasteiger partial charge >= 0.3 is 0 Å². The molecule has 1 aromatic heterocycles. The van der Waals surface area contributed by atoms with Crippen LogP contribution in [0.1, 0.15) is 52.4 Å². The average Bonchev–Trinajstić information content (AvgIpc) is 2.64. The van der Waals surface area contributed by atoms with Gasteiger partial charge in [0.25, 0.3) is 0 Å². The normalized spacial score (nSPS) is 15.4. The summed E-state index contributed by atoms with van der Waals surface area (Å²) >= 11 is 6.41. The molecule has 0 aliphatic rings. The highest BCUT2D eigenvalue weighted by atomic mass is 35.5. The second-order valence-electron chi connectivity index (χ2n) is 6.85. The molecule has 2 unspecified atom stereocenters. The van der Waals surface area contributed by atoms with Crippen LogP contribution in [0.15, 0.2) is 0 Å². The number of rotatable bonds is 6. The minimum atomic E-state index is 0.333. The lowest BCUT2D eigenvalue weighted by Gasteiger charge is -2.30. The van der Waals surface area contributed by atoms with E-state index in [1.54, 1.807) is 0 Å². The molecule has 116 valence electrons. The van der Waals surface area contributed by atoms with Gasteiger partial charge in [-0.25, -0.2) is 0 Å². The van der Waals surface area contributed by atoms with Crippen LogP contribution in [0.4, 0.5) is 0 Å². The standard InChI is InChI=1S/C16H30ClN3/c1-8-20-14(15(17)12(3)19-20)10-13(18-7)9-11(2)16(4,5)6/h11,13,18H,8-10H2,1-7H3. The predicted molar refractivity (Wildman–Crippen MR) is 87.4 cm³/mol. The Hall–Kier alpha value is -0.540. The fourth-order valence-electron chi connectivity index (χ4n) is 2.38. The van der Waals surface area contributed by atoms with Gasteiger partial charge in [0.2, 0.25) is 0 Å². The van der Waals surface area contributed by atoms with E-state index in [2.05, 4.69) is 45.0 Å². The molecule has 0 radical (unpaired) electrons. The van der Waals surface area contributed by atoms with Crippen molar-refractivity contribution in [2.75, 3.05) is 7.05 Å². The van der Waals surface area contributed by atoms with Crippen molar-refractivity contribution in [3.63, 3.8) is 0 Å². The van der Waals surface area contributed by atoms with Gasteiger partial charge in [0.05, 0.1) is 16.4 Å². The third-order valence-electron chi connectivity index (χ3n) is 4.42. The molecule has 1 N–H and O–H groups in total. The van der Waals surface area contributed by atoms with Crippen molar-refractivity contribution in [2.45, 2.75) is 67.0 Å². The molecule has 1 aromatic rings. The van der Waals surface area contributed by atoms with E-state index in [9.17, 15) is 0 Å². The number of likely N-dealkylation sites (N-methyl/N-ethyl adjacent to an activating group) is 1. The van der Waals surface area contributed by atoms with Crippen molar-refractivity contribution >= 4 is 11.6 Å². The minimum absolute atomic E-state index is 0.333. The van der Waals surface area contributed by atoms with Crippen molar-refractivity contribution in [2.24, 2.45) is 11.3 Å². The first-order chi connectivity index (χ1) is 9.20. The van der Waals surface area contributed by atoms with E-state index in [0.717, 1.165) is 35.8 Å². The first-order valence-corrected chi connectivity index (χ1v) is 7.97. The first kappa shape index (κ1) is 17.5. The Bertz CT molecular complexity index is 432. The van der Waals surface area contributed by atoms with E-state index in [1.165, 1.54) is 0 Å². The van der Waals surface area contributed by atoms with Gasteiger partial charge in [-0.1, -0.05) is 39.3 Å². The van der Waals surface area contributed by atoms with Crippen molar-refractivity contribution in [3.05, 3.63) is 16.4 Å². The molecule has 0 aliphatic carbocycles. The quantitative estimate of drug-likeness (QED) is 0.858. The first-order valence-electron chi connectivity index (χ1n) is 7.59. The molecule has 0 aliphatic heterocycles. The van der Waals surface area contributed by atoms with E-state index >= 15 is 0 Å². The SMILES string of the molecule is CCn1nc(C)c(Cl)c1CC(CC(C)C(C)(C)C)NC. The number of nitrogens with zero attached hydrogens (tertiary/aromatic N) is 2. The Labute approximate surface area is 129 Å². The molecule has 0 fully saturated rings. The van der Waals surface area contributed by atoms with Crippen molar-refractivity contribution in [1.82, 2.24) is 15.1 Å². The van der Waals surface area contributed by atoms with Crippen molar-refractivity contribution in [1.29, 1.82) is 0 Å². The number of aromatic nitrogens is 2. The molecule has 3 nitrogen and oxygen atoms in total. The summed E-state index contributed by atoms with van der Waals surface area (Å²) in [5, 5.41) is 8.77. The maximum atomic E-state index is 6.41. The summed E-state index contributed by atoms with van der Waals surface area (Å²) in [7, 11) is 2.04. The Kier molecular flexibility index (Phi) is 6.08. The van der Waals surface area contributed by atoms with Gasteiger partial charge in [-0.2, -0.15) is 5.10 Å². The summed E-state index contributed by atoms with van der Waals surface area (Å²) in [6.45, 7) is 14.2. The zero-order valence-corrected chi connectivity index (χ0v) is 14.8. The maximum Gasteiger partial charge on any atom is 0.0847 e. The van der Waals surface area contributed by atoms with E-state index in [-0.39, 0.29) is 0 Å². The predicted octanol–water partition coefficient (Wildman–Crippen LogP) is 4.07. The second-order valence-corrected chi connectivity index (χ2v) is 7.23. The Morgan fingerprint density at radius 2 is 1.95 bits per heavy atom. The van der Waals surface area contributed by atoms with Gasteiger partial charge in [0.15, 0.2) is 0 Å². The van der Waals surface area contributed by atoms with Gasteiger partial charge in [-0.15, -0.1) is 0 Å². The second kappa shape index (κ2) is 6.95. The van der Waals surface area contributed by atoms with Crippen LogP contribution in [0, 0.1) is 18.3 Å². The number of hydrogen-bond acceptors (Lipinski definition) is 2. The summed E-state index contributed by atoms with van der Waals surface area (Å²) in [6, 6.07) is 0.433. The average molecular weight is 300 g/mol. The van der Waals surface area contributed by atoms with Gasteiger partial charge in [0, 0.05) is 19.0 Å². The smallest absolute Gasteiger partial charge is 0.0847 e. The number of aryl methyl sites for hydroxylation is 2. The van der Waals surface area contributed by atoms with E-state index < -0.39 is 0 Å². The lowest BCUT2D eigenvalue weighted by atomic mass is 9.78. The lowest BCUT2D eigenvalue weighted by Crippen LogP contribution is -2.33. The largest absolute Gasteiger partial charge is 0.317 e. The van der Waals surface area contributed by atoms with Crippen LogP contribution in [0.5, 0.6) is 0 Å². The van der Waals surface area contributed by atoms with Crippen LogP contribution >= 0.6 is 11.6 Å². The minimum Gasteiger partial charge on any atom is -0.317 e. The van der Waals surface area contributed by atoms with Crippen LogP contribution in [-0.4, -0.2) is 22.9 Å². The van der Waals surface area contributed by atoms with E-state index in [1.807, 2.05) is 18.7 Å². The van der Waals surface area contributed by atoms with Crippen LogP contribution in [0.25, 0.3) is 0 Å². The zero-order valence-electron chi connectivity index (χ0n) is 14.0. The molecule has 0 saturated carbocycles. The fourth-order valence-corrected chi connectivity index (χ4v) is 2.59. The topological polar surface area (TPSA) is 29.9 Å². The molecule has 20 heavy (non-hydrogen) atoms. The Balaban J connectivity index is 2.84. The van der Waals surface area contributed by atoms with Gasteiger partial charge in [-0.05, 0) is 38.6 Å². The highest BCUT2D eigenvalue weighted by Gasteiger charge is 2.24. The van der Waals surface area contributed by atoms with E-state index in [4.69, 9.17) is 11.6 Å². The monoisotopic (exact) mass is 299 g/mol. The summed E-state index contributed by atoms with van der Waals surface area (Å²) in [5.41, 5.74) is 2.43. The van der Waals surface area contributed by atoms with Crippen LogP contribution in [-0.2, 0) is 13.0 Å². The van der Waals surface area contributed by atoms with Crippen LogP contribution in [0.2, 0.25) is 5.02 Å². The third-order valence-corrected chi connectivity index (χ3v) is 4.91. The van der Waals surface area contributed by atoms with Crippen molar-refractivity contribution in [3.8, 4) is 0 Å². The molecular formula is C16H30ClN3. The van der Waals surface area contributed by atoms with E-state index in [0.29, 0.717) is 17.4 Å².